The number of sulfone groups is 2. The molecule has 0 bridgehead atoms. The zero-order chi connectivity index (χ0) is 37.2. The fraction of sp³-hybridized carbons (Fsp3) is 0.308. The summed E-state index contributed by atoms with van der Waals surface area (Å²) in [5, 5.41) is 4.09. The first-order chi connectivity index (χ1) is 23.4. The van der Waals surface area contributed by atoms with Gasteiger partial charge in [0.05, 0.1) is 21.3 Å². The summed E-state index contributed by atoms with van der Waals surface area (Å²) in [7, 11) is -7.72. The Morgan fingerprint density at radius 2 is 1.06 bits per heavy atom. The molecule has 0 aliphatic carbocycles. The van der Waals surface area contributed by atoms with Gasteiger partial charge in [0.25, 0.3) is 11.8 Å². The van der Waals surface area contributed by atoms with Crippen molar-refractivity contribution >= 4 is 89.9 Å². The van der Waals surface area contributed by atoms with Crippen molar-refractivity contribution in [3.63, 3.8) is 0 Å². The monoisotopic (exact) mass is 772 g/mol. The summed E-state index contributed by atoms with van der Waals surface area (Å²) in [6, 6.07) is 5.05. The first-order valence-corrected chi connectivity index (χ1v) is 18.4. The molecule has 0 radical (unpaired) electrons. The van der Waals surface area contributed by atoms with Crippen LogP contribution in [0.4, 0.5) is 23.3 Å². The number of aromatic nitrogens is 4. The highest BCUT2D eigenvalue weighted by Gasteiger charge is 2.21. The highest BCUT2D eigenvalue weighted by molar-refractivity contribution is 7.92. The summed E-state index contributed by atoms with van der Waals surface area (Å²) in [4.78, 5) is 47.1. The molecule has 0 saturated carbocycles. The van der Waals surface area contributed by atoms with E-state index in [2.05, 4.69) is 40.6 Å². The summed E-state index contributed by atoms with van der Waals surface area (Å²) in [6.07, 6.45) is 1.12. The highest BCUT2D eigenvalue weighted by Crippen LogP contribution is 2.21. The third-order valence-corrected chi connectivity index (χ3v) is 10.6. The molecule has 3 aromatic rings. The Bertz CT molecular complexity index is 2050. The van der Waals surface area contributed by atoms with Crippen molar-refractivity contribution in [1.29, 1.82) is 0 Å². The van der Waals surface area contributed by atoms with Crippen LogP contribution in [0.25, 0.3) is 0 Å². The molecule has 2 aromatic heterocycles. The number of halogens is 2. The molecule has 50 heavy (non-hydrogen) atoms. The third-order valence-electron chi connectivity index (χ3n) is 6.45. The molecule has 0 fully saturated rings. The largest absolute Gasteiger partial charge is 0.382 e. The number of nitrogen functional groups attached to an aromatic ring is 4. The van der Waals surface area contributed by atoms with Crippen molar-refractivity contribution < 1.29 is 26.4 Å². The van der Waals surface area contributed by atoms with E-state index < -0.39 is 31.5 Å². The Labute approximate surface area is 296 Å². The number of hydrogen-bond acceptors (Lipinski definition) is 16. The Balaban J connectivity index is 1.46. The standard InChI is InChI=1S/C26H34Cl2N14O6S2/c27-17-21(31)39-19(29)15(37-17)23(43)41-25(33)35-8-2-1-3-10-49(45,46)13-6-4-7-14(12-13)50(47,48)11-5-9-36-26(34)42-24(44)16-20(30)40-22(32)18(28)38-16/h4,6-7,12H,1-3,5,8-11H2,(H4,29,31,39)(H4,30,32,40)(H3,33,35,41,43)(H3,34,36,42,44). The predicted molar refractivity (Wildman–Crippen MR) is 189 cm³/mol. The van der Waals surface area contributed by atoms with Gasteiger partial charge in [-0.2, -0.15) is 0 Å². The number of rotatable bonds is 14. The number of guanidine groups is 2. The molecular formula is C26H34Cl2N14O6S2. The zero-order valence-electron chi connectivity index (χ0n) is 26.1. The SMILES string of the molecule is NC(=NCCCCCS(=O)(=O)c1cccc(S(=O)(=O)CCCN=C(N)NC(=O)c2nc(Cl)c(N)nc2N)c1)NC(=O)c1nc(Cl)c(N)nc1N. The quantitative estimate of drug-likeness (QED) is 0.0581. The summed E-state index contributed by atoms with van der Waals surface area (Å²) in [5.41, 5.74) is 33.0. The van der Waals surface area contributed by atoms with E-state index in [1.54, 1.807) is 0 Å². The molecule has 0 spiro atoms. The number of anilines is 4. The fourth-order valence-corrected chi connectivity index (χ4v) is 7.06. The van der Waals surface area contributed by atoms with Crippen molar-refractivity contribution in [2.45, 2.75) is 35.5 Å². The minimum absolute atomic E-state index is 0.0000852. The van der Waals surface area contributed by atoms with Gasteiger partial charge >= 0.3 is 0 Å². The van der Waals surface area contributed by atoms with Gasteiger partial charge in [0.2, 0.25) is 0 Å². The van der Waals surface area contributed by atoms with Crippen LogP contribution in [0.5, 0.6) is 0 Å². The van der Waals surface area contributed by atoms with E-state index in [0.29, 0.717) is 12.8 Å². The molecule has 20 nitrogen and oxygen atoms in total. The van der Waals surface area contributed by atoms with Crippen LogP contribution < -0.4 is 45.0 Å². The van der Waals surface area contributed by atoms with Gasteiger partial charge in [-0.1, -0.05) is 35.7 Å². The maximum Gasteiger partial charge on any atom is 0.280 e. The van der Waals surface area contributed by atoms with Crippen LogP contribution >= 0.6 is 23.2 Å². The molecule has 0 atom stereocenters. The summed E-state index contributed by atoms with van der Waals surface area (Å²) >= 11 is 11.5. The number of nitrogens with one attached hydrogen (secondary N) is 2. The number of unbranched alkanes of at least 4 members (excludes halogenated alkanes) is 2. The van der Waals surface area contributed by atoms with E-state index in [0.717, 1.165) is 6.07 Å². The van der Waals surface area contributed by atoms with Gasteiger partial charge in [0.15, 0.2) is 76.6 Å². The molecule has 2 heterocycles. The maximum atomic E-state index is 12.9. The Morgan fingerprint density at radius 3 is 1.52 bits per heavy atom. The zero-order valence-corrected chi connectivity index (χ0v) is 29.3. The minimum atomic E-state index is -3.90. The van der Waals surface area contributed by atoms with E-state index >= 15 is 0 Å². The second-order valence-corrected chi connectivity index (χ2v) is 15.2. The van der Waals surface area contributed by atoms with E-state index in [-0.39, 0.29) is 104 Å². The summed E-state index contributed by atoms with van der Waals surface area (Å²) in [5.74, 6) is -3.67. The second-order valence-electron chi connectivity index (χ2n) is 10.2. The van der Waals surface area contributed by atoms with Crippen molar-refractivity contribution in [3.8, 4) is 0 Å². The van der Waals surface area contributed by atoms with Crippen LogP contribution in [0.3, 0.4) is 0 Å². The molecule has 0 aliphatic rings. The molecule has 0 unspecified atom stereocenters. The Kier molecular flexibility index (Phi) is 13.4. The van der Waals surface area contributed by atoms with Crippen LogP contribution in [0.15, 0.2) is 44.0 Å². The number of carbonyl (C=O) groups excluding carboxylic acids is 2. The lowest BCUT2D eigenvalue weighted by molar-refractivity contribution is 0.0964. The first kappa shape index (κ1) is 39.4. The maximum absolute atomic E-state index is 12.9. The van der Waals surface area contributed by atoms with Gasteiger partial charge in [0, 0.05) is 13.1 Å². The third kappa shape index (κ3) is 11.0. The van der Waals surface area contributed by atoms with Gasteiger partial charge in [-0.15, -0.1) is 0 Å². The number of hydrogen-bond donors (Lipinski definition) is 8. The molecule has 14 N–H and O–H groups in total. The lowest BCUT2D eigenvalue weighted by atomic mass is 10.2. The Morgan fingerprint density at radius 1 is 0.640 bits per heavy atom. The second kappa shape index (κ2) is 17.0. The van der Waals surface area contributed by atoms with Crippen LogP contribution in [0.2, 0.25) is 10.3 Å². The van der Waals surface area contributed by atoms with Crippen LogP contribution in [0.1, 0.15) is 46.7 Å². The molecule has 1 aromatic carbocycles. The van der Waals surface area contributed by atoms with Gasteiger partial charge < -0.3 is 34.4 Å². The summed E-state index contributed by atoms with van der Waals surface area (Å²) < 4.78 is 51.7. The number of nitrogens with zero attached hydrogens (tertiary/aromatic N) is 6. The average molecular weight is 774 g/mol. The van der Waals surface area contributed by atoms with Crippen molar-refractivity contribution in [2.24, 2.45) is 21.5 Å². The first-order valence-electron chi connectivity index (χ1n) is 14.4. The summed E-state index contributed by atoms with van der Waals surface area (Å²) in [6.45, 7) is 0.0855. The lowest BCUT2D eigenvalue weighted by Crippen LogP contribution is -2.38. The predicted octanol–water partition coefficient (Wildman–Crippen LogP) is -0.501. The smallest absolute Gasteiger partial charge is 0.280 e. The Hall–Kier alpha value is -5.06. The van der Waals surface area contributed by atoms with Crippen molar-refractivity contribution in [1.82, 2.24) is 30.6 Å². The minimum Gasteiger partial charge on any atom is -0.382 e. The van der Waals surface area contributed by atoms with Crippen LogP contribution in [-0.2, 0) is 19.7 Å². The molecule has 2 amide bonds. The molecule has 0 aliphatic heterocycles. The van der Waals surface area contributed by atoms with Crippen molar-refractivity contribution in [2.75, 3.05) is 47.5 Å². The molecule has 3 rings (SSSR count). The molecule has 0 saturated heterocycles. The van der Waals surface area contributed by atoms with E-state index in [1.165, 1.54) is 18.2 Å². The fourth-order valence-electron chi connectivity index (χ4n) is 3.98. The molecular weight excluding hydrogens is 739 g/mol. The van der Waals surface area contributed by atoms with Gasteiger partial charge in [-0.05, 0) is 37.5 Å². The number of nitrogens with two attached hydrogens (primary N) is 6. The average Bonchev–Trinajstić information content (AvgIpc) is 3.04. The normalized spacial score (nSPS) is 12.4. The van der Waals surface area contributed by atoms with E-state index in [9.17, 15) is 26.4 Å². The highest BCUT2D eigenvalue weighted by atomic mass is 35.5. The van der Waals surface area contributed by atoms with E-state index in [4.69, 9.17) is 57.6 Å². The van der Waals surface area contributed by atoms with Crippen LogP contribution in [0, 0.1) is 0 Å². The topological polar surface area (TPSA) is 359 Å². The van der Waals surface area contributed by atoms with Gasteiger partial charge in [0.1, 0.15) is 0 Å². The molecule has 24 heteroatoms. The number of amides is 2. The van der Waals surface area contributed by atoms with Crippen LogP contribution in [-0.4, -0.2) is 85.1 Å². The number of aliphatic imine (C=N–C) groups is 2. The number of benzene rings is 1. The van der Waals surface area contributed by atoms with E-state index in [1.807, 2.05) is 0 Å². The van der Waals surface area contributed by atoms with Gasteiger partial charge in [-0.25, -0.2) is 36.8 Å². The lowest BCUT2D eigenvalue weighted by Gasteiger charge is -2.09. The molecule has 270 valence electrons. The van der Waals surface area contributed by atoms with Crippen molar-refractivity contribution in [3.05, 3.63) is 46.0 Å². The number of carbonyl (C=O) groups is 2. The van der Waals surface area contributed by atoms with Gasteiger partial charge in [-0.3, -0.25) is 30.2 Å².